The number of hydrogen-bond donors (Lipinski definition) is 1. The Morgan fingerprint density at radius 2 is 2.14 bits per heavy atom. The zero-order valence-corrected chi connectivity index (χ0v) is 14.2. The van der Waals surface area contributed by atoms with Crippen LogP contribution in [0.25, 0.3) is 0 Å². The molecule has 0 spiro atoms. The number of ether oxygens (including phenoxy) is 1. The second kappa shape index (κ2) is 6.84. The van der Waals surface area contributed by atoms with Crippen molar-refractivity contribution in [2.24, 2.45) is 0 Å². The van der Waals surface area contributed by atoms with Crippen molar-refractivity contribution in [3.63, 3.8) is 0 Å². The van der Waals surface area contributed by atoms with E-state index in [1.165, 1.54) is 42.4 Å². The molecule has 0 saturated heterocycles. The van der Waals surface area contributed by atoms with Crippen molar-refractivity contribution in [1.82, 2.24) is 5.32 Å². The van der Waals surface area contributed by atoms with Gasteiger partial charge in [-0.05, 0) is 62.9 Å². The fourth-order valence-corrected chi connectivity index (χ4v) is 4.22. The van der Waals surface area contributed by atoms with Crippen molar-refractivity contribution in [1.29, 1.82) is 0 Å². The zero-order chi connectivity index (χ0) is 15.5. The summed E-state index contributed by atoms with van der Waals surface area (Å²) in [5, 5.41) is 3.43. The van der Waals surface area contributed by atoms with Crippen LogP contribution in [0.3, 0.4) is 0 Å². The SMILES string of the molecule is CNC(C)(CC(C)Sc1ccc2c(c1)CCC2)C(=O)OC. The van der Waals surface area contributed by atoms with Crippen LogP contribution in [-0.2, 0) is 22.4 Å². The molecule has 116 valence electrons. The average Bonchev–Trinajstić information content (AvgIpc) is 2.93. The number of carbonyl (C=O) groups excluding carboxylic acids is 1. The Kier molecular flexibility index (Phi) is 5.33. The number of benzene rings is 1. The van der Waals surface area contributed by atoms with Gasteiger partial charge in [-0.2, -0.15) is 0 Å². The number of likely N-dealkylation sites (N-methyl/N-ethyl adjacent to an activating group) is 1. The van der Waals surface area contributed by atoms with Gasteiger partial charge in [0.05, 0.1) is 7.11 Å². The third-order valence-electron chi connectivity index (χ3n) is 4.29. The van der Waals surface area contributed by atoms with E-state index in [1.807, 2.05) is 25.7 Å². The molecule has 0 amide bonds. The molecule has 2 rings (SSSR count). The highest BCUT2D eigenvalue weighted by molar-refractivity contribution is 7.99. The standard InChI is InChI=1S/C17H25NO2S/c1-12(11-17(2,18-3)16(19)20-4)21-15-9-8-13-6-5-7-14(13)10-15/h8-10,12,18H,5-7,11H2,1-4H3. The molecule has 0 heterocycles. The maximum Gasteiger partial charge on any atom is 0.325 e. The van der Waals surface area contributed by atoms with Gasteiger partial charge in [-0.3, -0.25) is 4.79 Å². The van der Waals surface area contributed by atoms with Crippen LogP contribution in [0.2, 0.25) is 0 Å². The number of thioether (sulfide) groups is 1. The third-order valence-corrected chi connectivity index (χ3v) is 5.39. The van der Waals surface area contributed by atoms with Gasteiger partial charge in [0, 0.05) is 10.1 Å². The number of aryl methyl sites for hydroxylation is 2. The summed E-state index contributed by atoms with van der Waals surface area (Å²) in [5.41, 5.74) is 2.37. The molecule has 1 aliphatic carbocycles. The van der Waals surface area contributed by atoms with Gasteiger partial charge in [0.1, 0.15) is 5.54 Å². The van der Waals surface area contributed by atoms with Crippen molar-refractivity contribution in [2.75, 3.05) is 14.2 Å². The normalized spacial score (nSPS) is 17.9. The van der Waals surface area contributed by atoms with E-state index in [9.17, 15) is 4.79 Å². The van der Waals surface area contributed by atoms with Crippen LogP contribution in [0.4, 0.5) is 0 Å². The van der Waals surface area contributed by atoms with Crippen LogP contribution in [-0.4, -0.2) is 30.9 Å². The Hall–Kier alpha value is -1.00. The van der Waals surface area contributed by atoms with Gasteiger partial charge in [-0.1, -0.05) is 13.0 Å². The summed E-state index contributed by atoms with van der Waals surface area (Å²) in [4.78, 5) is 13.2. The molecule has 21 heavy (non-hydrogen) atoms. The summed E-state index contributed by atoms with van der Waals surface area (Å²) in [6.07, 6.45) is 4.43. The second-order valence-electron chi connectivity index (χ2n) is 5.99. The van der Waals surface area contributed by atoms with E-state index in [-0.39, 0.29) is 5.97 Å². The van der Waals surface area contributed by atoms with E-state index >= 15 is 0 Å². The first-order valence-corrected chi connectivity index (χ1v) is 8.42. The minimum atomic E-state index is -0.627. The van der Waals surface area contributed by atoms with Crippen molar-refractivity contribution in [2.45, 2.75) is 55.2 Å². The van der Waals surface area contributed by atoms with Crippen LogP contribution in [0.5, 0.6) is 0 Å². The molecule has 3 nitrogen and oxygen atoms in total. The van der Waals surface area contributed by atoms with Crippen LogP contribution in [0.15, 0.2) is 23.1 Å². The first-order valence-electron chi connectivity index (χ1n) is 7.54. The largest absolute Gasteiger partial charge is 0.468 e. The molecule has 0 saturated carbocycles. The minimum Gasteiger partial charge on any atom is -0.468 e. The summed E-state index contributed by atoms with van der Waals surface area (Å²) in [5.74, 6) is -0.202. The molecule has 1 aromatic rings. The van der Waals surface area contributed by atoms with Crippen LogP contribution >= 0.6 is 11.8 Å². The molecule has 4 heteroatoms. The summed E-state index contributed by atoms with van der Waals surface area (Å²) >= 11 is 1.83. The van der Waals surface area contributed by atoms with Crippen molar-refractivity contribution >= 4 is 17.7 Å². The van der Waals surface area contributed by atoms with Crippen molar-refractivity contribution in [3.05, 3.63) is 29.3 Å². The van der Waals surface area contributed by atoms with E-state index in [1.54, 1.807) is 0 Å². The number of fused-ring (bicyclic) bond motifs is 1. The summed E-state index contributed by atoms with van der Waals surface area (Å²) in [6, 6.07) is 6.79. The Morgan fingerprint density at radius 1 is 1.43 bits per heavy atom. The van der Waals surface area contributed by atoms with Crippen molar-refractivity contribution < 1.29 is 9.53 Å². The van der Waals surface area contributed by atoms with Gasteiger partial charge < -0.3 is 10.1 Å². The lowest BCUT2D eigenvalue weighted by molar-refractivity contribution is -0.147. The van der Waals surface area contributed by atoms with E-state index in [2.05, 4.69) is 30.4 Å². The third kappa shape index (κ3) is 3.80. The number of methoxy groups -OCH3 is 1. The van der Waals surface area contributed by atoms with Gasteiger partial charge in [0.25, 0.3) is 0 Å². The molecule has 0 bridgehead atoms. The molecular weight excluding hydrogens is 282 g/mol. The Morgan fingerprint density at radius 3 is 2.81 bits per heavy atom. The van der Waals surface area contributed by atoms with Crippen LogP contribution in [0, 0.1) is 0 Å². The molecule has 1 aliphatic rings. The van der Waals surface area contributed by atoms with E-state index < -0.39 is 5.54 Å². The highest BCUT2D eigenvalue weighted by Gasteiger charge is 2.34. The summed E-state index contributed by atoms with van der Waals surface area (Å²) in [7, 11) is 3.25. The van der Waals surface area contributed by atoms with E-state index in [4.69, 9.17) is 4.74 Å². The fraction of sp³-hybridized carbons (Fsp3) is 0.588. The first kappa shape index (κ1) is 16.4. The van der Waals surface area contributed by atoms with Gasteiger partial charge in [0.2, 0.25) is 0 Å². The fourth-order valence-electron chi connectivity index (χ4n) is 2.98. The molecule has 0 aliphatic heterocycles. The van der Waals surface area contributed by atoms with Gasteiger partial charge in [-0.15, -0.1) is 11.8 Å². The van der Waals surface area contributed by atoms with Gasteiger partial charge >= 0.3 is 5.97 Å². The first-order chi connectivity index (χ1) is 9.98. The van der Waals surface area contributed by atoms with Gasteiger partial charge in [-0.25, -0.2) is 0 Å². The molecule has 1 N–H and O–H groups in total. The Bertz CT molecular complexity index is 518. The molecule has 1 aromatic carbocycles. The van der Waals surface area contributed by atoms with Crippen LogP contribution < -0.4 is 5.32 Å². The topological polar surface area (TPSA) is 38.3 Å². The summed E-state index contributed by atoms with van der Waals surface area (Å²) in [6.45, 7) is 4.06. The monoisotopic (exact) mass is 307 g/mol. The minimum absolute atomic E-state index is 0.202. The smallest absolute Gasteiger partial charge is 0.325 e. The summed E-state index contributed by atoms with van der Waals surface area (Å²) < 4.78 is 4.91. The van der Waals surface area contributed by atoms with Crippen LogP contribution in [0.1, 0.15) is 37.8 Å². The quantitative estimate of drug-likeness (QED) is 0.647. The predicted octanol–water partition coefficient (Wildman–Crippen LogP) is 3.20. The number of hydrogen-bond acceptors (Lipinski definition) is 4. The van der Waals surface area contributed by atoms with Crippen molar-refractivity contribution in [3.8, 4) is 0 Å². The highest BCUT2D eigenvalue weighted by atomic mass is 32.2. The average molecular weight is 307 g/mol. The molecular formula is C17H25NO2S. The maximum absolute atomic E-state index is 11.9. The Labute approximate surface area is 131 Å². The number of carbonyl (C=O) groups is 1. The molecule has 2 unspecified atom stereocenters. The molecule has 2 atom stereocenters. The van der Waals surface area contributed by atoms with Gasteiger partial charge in [0.15, 0.2) is 0 Å². The van der Waals surface area contributed by atoms with E-state index in [0.717, 1.165) is 6.42 Å². The maximum atomic E-state index is 11.9. The molecule has 0 aromatic heterocycles. The zero-order valence-electron chi connectivity index (χ0n) is 13.4. The molecule has 0 radical (unpaired) electrons. The lowest BCUT2D eigenvalue weighted by Crippen LogP contribution is -2.49. The second-order valence-corrected chi connectivity index (χ2v) is 7.50. The number of nitrogens with one attached hydrogen (secondary N) is 1. The lowest BCUT2D eigenvalue weighted by atomic mass is 9.96. The van der Waals surface area contributed by atoms with E-state index in [0.29, 0.717) is 5.25 Å². The number of esters is 1. The number of rotatable bonds is 6. The molecule has 0 fully saturated rings. The highest BCUT2D eigenvalue weighted by Crippen LogP contribution is 2.32. The Balaban J connectivity index is 2.01. The lowest BCUT2D eigenvalue weighted by Gasteiger charge is -2.28. The predicted molar refractivity (Wildman–Crippen MR) is 87.9 cm³/mol.